The normalized spacial score (nSPS) is 12.8. The molecule has 102 valence electrons. The fourth-order valence-electron chi connectivity index (χ4n) is 1.95. The van der Waals surface area contributed by atoms with Crippen molar-refractivity contribution < 1.29 is 9.90 Å². The first-order valence-corrected chi connectivity index (χ1v) is 6.61. The van der Waals surface area contributed by atoms with Gasteiger partial charge >= 0.3 is 0 Å². The Morgan fingerprint density at radius 2 is 2.00 bits per heavy atom. The highest BCUT2D eigenvalue weighted by molar-refractivity contribution is 5.75. The lowest BCUT2D eigenvalue weighted by Gasteiger charge is -2.18. The molecule has 0 aromatic carbocycles. The zero-order chi connectivity index (χ0) is 13.7. The Hall–Kier alpha value is -1.29. The molecule has 4 heteroatoms. The molecule has 1 N–H and O–H groups in total. The molecule has 0 aliphatic heterocycles. The van der Waals surface area contributed by atoms with E-state index in [0.717, 1.165) is 18.7 Å². The second-order valence-corrected chi connectivity index (χ2v) is 4.87. The lowest BCUT2D eigenvalue weighted by atomic mass is 10.0. The van der Waals surface area contributed by atoms with Crippen molar-refractivity contribution >= 4 is 5.91 Å². The van der Waals surface area contributed by atoms with Crippen LogP contribution in [-0.4, -0.2) is 33.6 Å². The molecular formula is C14H24N2O2. The average molecular weight is 252 g/mol. The summed E-state index contributed by atoms with van der Waals surface area (Å²) in [6, 6.07) is 1.88. The van der Waals surface area contributed by atoms with E-state index in [2.05, 4.69) is 0 Å². The number of hydrogen-bond acceptors (Lipinski definition) is 2. The molecule has 1 amide bonds. The SMILES string of the molecule is CCN(CC)C(=O)Cn1ccc(C(O)C(C)C)c1. The number of aliphatic hydroxyl groups is 1. The average Bonchev–Trinajstić information content (AvgIpc) is 2.77. The summed E-state index contributed by atoms with van der Waals surface area (Å²) in [4.78, 5) is 13.7. The van der Waals surface area contributed by atoms with E-state index in [1.165, 1.54) is 0 Å². The summed E-state index contributed by atoms with van der Waals surface area (Å²) in [5.41, 5.74) is 0.873. The third-order valence-electron chi connectivity index (χ3n) is 3.18. The monoisotopic (exact) mass is 252 g/mol. The minimum Gasteiger partial charge on any atom is -0.388 e. The van der Waals surface area contributed by atoms with E-state index in [-0.39, 0.29) is 11.8 Å². The van der Waals surface area contributed by atoms with Crippen LogP contribution in [-0.2, 0) is 11.3 Å². The van der Waals surface area contributed by atoms with Crippen molar-refractivity contribution in [3.63, 3.8) is 0 Å². The van der Waals surface area contributed by atoms with E-state index in [1.54, 1.807) is 4.90 Å². The molecule has 0 aliphatic carbocycles. The molecule has 1 heterocycles. The first-order chi connectivity index (χ1) is 8.49. The van der Waals surface area contributed by atoms with Crippen LogP contribution in [0.3, 0.4) is 0 Å². The van der Waals surface area contributed by atoms with Gasteiger partial charge in [0, 0.05) is 25.5 Å². The molecule has 1 atom stereocenters. The molecule has 1 rings (SSSR count). The van der Waals surface area contributed by atoms with Crippen molar-refractivity contribution in [1.29, 1.82) is 0 Å². The molecule has 1 unspecified atom stereocenters. The van der Waals surface area contributed by atoms with Crippen molar-refractivity contribution in [3.05, 3.63) is 24.0 Å². The smallest absolute Gasteiger partial charge is 0.242 e. The number of amides is 1. The van der Waals surface area contributed by atoms with Crippen LogP contribution < -0.4 is 0 Å². The highest BCUT2D eigenvalue weighted by atomic mass is 16.3. The van der Waals surface area contributed by atoms with Gasteiger partial charge in [0.2, 0.25) is 5.91 Å². The Labute approximate surface area is 109 Å². The van der Waals surface area contributed by atoms with Crippen LogP contribution in [0.2, 0.25) is 0 Å². The van der Waals surface area contributed by atoms with Gasteiger partial charge in [0.25, 0.3) is 0 Å². The van der Waals surface area contributed by atoms with Crippen molar-refractivity contribution in [1.82, 2.24) is 9.47 Å². The second kappa shape index (κ2) is 6.59. The van der Waals surface area contributed by atoms with Crippen LogP contribution >= 0.6 is 0 Å². The molecular weight excluding hydrogens is 228 g/mol. The quantitative estimate of drug-likeness (QED) is 0.842. The van der Waals surface area contributed by atoms with Crippen molar-refractivity contribution in [3.8, 4) is 0 Å². The molecule has 0 bridgehead atoms. The van der Waals surface area contributed by atoms with Crippen LogP contribution in [0.1, 0.15) is 39.4 Å². The van der Waals surface area contributed by atoms with Crippen LogP contribution in [0.5, 0.6) is 0 Å². The number of aromatic nitrogens is 1. The molecule has 18 heavy (non-hydrogen) atoms. The fourth-order valence-corrected chi connectivity index (χ4v) is 1.95. The number of carbonyl (C=O) groups is 1. The van der Waals surface area contributed by atoms with Crippen LogP contribution in [0.4, 0.5) is 0 Å². The van der Waals surface area contributed by atoms with E-state index in [4.69, 9.17) is 0 Å². The van der Waals surface area contributed by atoms with Gasteiger partial charge in [-0.3, -0.25) is 4.79 Å². The van der Waals surface area contributed by atoms with Gasteiger partial charge in [0.05, 0.1) is 6.10 Å². The zero-order valence-electron chi connectivity index (χ0n) is 11.8. The van der Waals surface area contributed by atoms with Crippen LogP contribution in [0.25, 0.3) is 0 Å². The molecule has 1 aromatic rings. The summed E-state index contributed by atoms with van der Waals surface area (Å²) in [7, 11) is 0. The molecule has 0 fully saturated rings. The molecule has 0 radical (unpaired) electrons. The maximum atomic E-state index is 11.9. The minimum absolute atomic E-state index is 0.112. The zero-order valence-corrected chi connectivity index (χ0v) is 11.8. The van der Waals surface area contributed by atoms with E-state index >= 15 is 0 Å². The number of nitrogens with zero attached hydrogens (tertiary/aromatic N) is 2. The Bertz CT molecular complexity index is 381. The summed E-state index contributed by atoms with van der Waals surface area (Å²) in [5, 5.41) is 9.94. The predicted molar refractivity (Wildman–Crippen MR) is 72.2 cm³/mol. The van der Waals surface area contributed by atoms with Gasteiger partial charge in [0.1, 0.15) is 6.54 Å². The fraction of sp³-hybridized carbons (Fsp3) is 0.643. The Morgan fingerprint density at radius 1 is 1.39 bits per heavy atom. The standard InChI is InChI=1S/C14H24N2O2/c1-5-16(6-2)13(17)10-15-8-7-12(9-15)14(18)11(3)4/h7-9,11,14,18H,5-6,10H2,1-4H3. The van der Waals surface area contributed by atoms with Gasteiger partial charge in [-0.1, -0.05) is 13.8 Å². The van der Waals surface area contributed by atoms with E-state index in [0.29, 0.717) is 6.54 Å². The molecule has 0 aliphatic rings. The van der Waals surface area contributed by atoms with E-state index in [1.807, 2.05) is 50.7 Å². The predicted octanol–water partition coefficient (Wildman–Crippen LogP) is 2.05. The summed E-state index contributed by atoms with van der Waals surface area (Å²) < 4.78 is 1.83. The molecule has 0 spiro atoms. The minimum atomic E-state index is -0.463. The second-order valence-electron chi connectivity index (χ2n) is 4.87. The largest absolute Gasteiger partial charge is 0.388 e. The lowest BCUT2D eigenvalue weighted by molar-refractivity contribution is -0.131. The molecule has 4 nitrogen and oxygen atoms in total. The maximum Gasteiger partial charge on any atom is 0.242 e. The highest BCUT2D eigenvalue weighted by Gasteiger charge is 2.15. The van der Waals surface area contributed by atoms with Gasteiger partial charge in [0.15, 0.2) is 0 Å². The topological polar surface area (TPSA) is 45.5 Å². The maximum absolute atomic E-state index is 11.9. The number of rotatable bonds is 6. The van der Waals surface area contributed by atoms with Gasteiger partial charge < -0.3 is 14.6 Å². The number of hydrogen-bond donors (Lipinski definition) is 1. The van der Waals surface area contributed by atoms with Crippen LogP contribution in [0.15, 0.2) is 18.5 Å². The Morgan fingerprint density at radius 3 is 2.50 bits per heavy atom. The third kappa shape index (κ3) is 3.60. The Kier molecular flexibility index (Phi) is 5.41. The third-order valence-corrected chi connectivity index (χ3v) is 3.18. The highest BCUT2D eigenvalue weighted by Crippen LogP contribution is 2.21. The summed E-state index contributed by atoms with van der Waals surface area (Å²) in [6.45, 7) is 9.71. The molecule has 0 saturated carbocycles. The lowest BCUT2D eigenvalue weighted by Crippen LogP contribution is -2.33. The first-order valence-electron chi connectivity index (χ1n) is 6.61. The summed E-state index contributed by atoms with van der Waals surface area (Å²) >= 11 is 0. The molecule has 1 aromatic heterocycles. The van der Waals surface area contributed by atoms with Gasteiger partial charge in [-0.25, -0.2) is 0 Å². The number of aliphatic hydroxyl groups excluding tert-OH is 1. The van der Waals surface area contributed by atoms with E-state index in [9.17, 15) is 9.90 Å². The summed E-state index contributed by atoms with van der Waals surface area (Å²) in [5.74, 6) is 0.292. The van der Waals surface area contributed by atoms with Crippen molar-refractivity contribution in [2.24, 2.45) is 5.92 Å². The number of likely N-dealkylation sites (N-methyl/N-ethyl adjacent to an activating group) is 1. The first kappa shape index (κ1) is 14.8. The van der Waals surface area contributed by atoms with E-state index < -0.39 is 6.10 Å². The Balaban J connectivity index is 2.67. The molecule has 0 saturated heterocycles. The number of carbonyl (C=O) groups excluding carboxylic acids is 1. The summed E-state index contributed by atoms with van der Waals surface area (Å²) in [6.07, 6.45) is 3.24. The van der Waals surface area contributed by atoms with Crippen molar-refractivity contribution in [2.45, 2.75) is 40.3 Å². The van der Waals surface area contributed by atoms with Gasteiger partial charge in [-0.2, -0.15) is 0 Å². The van der Waals surface area contributed by atoms with Crippen molar-refractivity contribution in [2.75, 3.05) is 13.1 Å². The van der Waals surface area contributed by atoms with Gasteiger partial charge in [-0.05, 0) is 31.4 Å². The van der Waals surface area contributed by atoms with Crippen LogP contribution in [0, 0.1) is 5.92 Å². The van der Waals surface area contributed by atoms with Gasteiger partial charge in [-0.15, -0.1) is 0 Å².